The molecule has 0 spiro atoms. The van der Waals surface area contributed by atoms with Crippen molar-refractivity contribution in [2.24, 2.45) is 0 Å². The average Bonchev–Trinajstić information content (AvgIpc) is 3.01. The second-order valence-corrected chi connectivity index (χ2v) is 11.3. The molecule has 0 unspecified atom stereocenters. The minimum atomic E-state index is -5.04. The van der Waals surface area contributed by atoms with Gasteiger partial charge in [-0.1, -0.05) is 61.3 Å². The predicted molar refractivity (Wildman–Crippen MR) is 162 cm³/mol. The van der Waals surface area contributed by atoms with Crippen LogP contribution in [0.3, 0.4) is 0 Å². The molecule has 0 aromatic heterocycles. The van der Waals surface area contributed by atoms with E-state index in [1.807, 2.05) is 12.1 Å². The van der Waals surface area contributed by atoms with Crippen molar-refractivity contribution in [3.63, 3.8) is 0 Å². The number of unbranched alkanes of at least 4 members (excludes halogenated alkanes) is 1. The Labute approximate surface area is 273 Å². The number of benzene rings is 5. The molecule has 5 aromatic rings. The molecule has 0 amide bonds. The molecule has 0 saturated carbocycles. The standard InChI is InChI=1S/C36H23ClF10O/c1-2-3-4-19-5-7-20(8-6-19)22-13-27(37)34(32(42)15-22)48-36(46,47)24-10-11-25(28(38)18-24)23-16-30(40)33(31(41)17-23)21-9-12-26(29(39)14-21)35(43,44)45/h5-18H,2-4H2,1H3. The Kier molecular flexibility index (Phi) is 9.82. The van der Waals surface area contributed by atoms with Gasteiger partial charge in [0.05, 0.1) is 21.7 Å². The molecule has 0 bridgehead atoms. The van der Waals surface area contributed by atoms with Crippen LogP contribution in [0.4, 0.5) is 43.9 Å². The summed E-state index contributed by atoms with van der Waals surface area (Å²) in [5, 5.41) is -0.476. The normalized spacial score (nSPS) is 12.0. The highest BCUT2D eigenvalue weighted by molar-refractivity contribution is 6.32. The number of rotatable bonds is 9. The van der Waals surface area contributed by atoms with E-state index in [-0.39, 0.29) is 0 Å². The summed E-state index contributed by atoms with van der Waals surface area (Å²) >= 11 is 6.12. The van der Waals surface area contributed by atoms with Gasteiger partial charge in [-0.2, -0.15) is 22.0 Å². The molecule has 0 aliphatic rings. The van der Waals surface area contributed by atoms with Crippen LogP contribution >= 0.6 is 11.6 Å². The fraction of sp³-hybridized carbons (Fsp3) is 0.167. The summed E-state index contributed by atoms with van der Waals surface area (Å²) in [6, 6.07) is 13.7. The molecular weight excluding hydrogens is 674 g/mol. The molecule has 5 aromatic carbocycles. The largest absolute Gasteiger partial charge is 0.426 e. The Morgan fingerprint density at radius 1 is 0.604 bits per heavy atom. The van der Waals surface area contributed by atoms with E-state index in [4.69, 9.17) is 11.6 Å². The Bertz CT molecular complexity index is 1920. The zero-order chi connectivity index (χ0) is 35.0. The van der Waals surface area contributed by atoms with Crippen molar-refractivity contribution in [2.75, 3.05) is 0 Å². The van der Waals surface area contributed by atoms with Gasteiger partial charge in [0, 0.05) is 5.56 Å². The van der Waals surface area contributed by atoms with E-state index in [1.165, 1.54) is 6.07 Å². The highest BCUT2D eigenvalue weighted by Gasteiger charge is 2.38. The molecule has 0 fully saturated rings. The van der Waals surface area contributed by atoms with Crippen molar-refractivity contribution < 1.29 is 48.6 Å². The molecule has 1 nitrogen and oxygen atoms in total. The van der Waals surface area contributed by atoms with E-state index >= 15 is 17.6 Å². The zero-order valence-electron chi connectivity index (χ0n) is 24.8. The molecular formula is C36H23ClF10O. The first-order valence-electron chi connectivity index (χ1n) is 14.4. The van der Waals surface area contributed by atoms with Gasteiger partial charge < -0.3 is 4.74 Å². The number of ether oxygens (including phenoxy) is 1. The van der Waals surface area contributed by atoms with E-state index in [9.17, 15) is 26.3 Å². The van der Waals surface area contributed by atoms with Crippen molar-refractivity contribution in [1.29, 1.82) is 0 Å². The molecule has 0 saturated heterocycles. The van der Waals surface area contributed by atoms with E-state index in [1.54, 1.807) is 12.1 Å². The minimum Gasteiger partial charge on any atom is -0.424 e. The second kappa shape index (κ2) is 13.5. The van der Waals surface area contributed by atoms with Gasteiger partial charge in [0.2, 0.25) is 0 Å². The molecule has 0 atom stereocenters. The molecule has 48 heavy (non-hydrogen) atoms. The first-order valence-corrected chi connectivity index (χ1v) is 14.8. The lowest BCUT2D eigenvalue weighted by molar-refractivity contribution is -0.187. The van der Waals surface area contributed by atoms with Crippen LogP contribution < -0.4 is 4.74 Å². The SMILES string of the molecule is CCCCc1ccc(-c2cc(F)c(OC(F)(F)c3ccc(-c4cc(F)c(-c5ccc(C(F)(F)F)c(F)c5)c(F)c4)c(F)c3)c(Cl)c2)cc1. The predicted octanol–water partition coefficient (Wildman–Crippen LogP) is 12.5. The Balaban J connectivity index is 1.38. The fourth-order valence-corrected chi connectivity index (χ4v) is 5.34. The molecule has 12 heteroatoms. The summed E-state index contributed by atoms with van der Waals surface area (Å²) in [6.45, 7) is 2.06. The number of halogens is 11. The Hall–Kier alpha value is -4.51. The number of alkyl halides is 5. The molecule has 0 heterocycles. The summed E-state index contributed by atoms with van der Waals surface area (Å²) in [7, 11) is 0. The molecule has 0 N–H and O–H groups in total. The second-order valence-electron chi connectivity index (χ2n) is 10.9. The highest BCUT2D eigenvalue weighted by atomic mass is 35.5. The highest BCUT2D eigenvalue weighted by Crippen LogP contribution is 2.41. The quantitative estimate of drug-likeness (QED) is 0.139. The third-order valence-electron chi connectivity index (χ3n) is 7.56. The van der Waals surface area contributed by atoms with Crippen molar-refractivity contribution in [1.82, 2.24) is 0 Å². The van der Waals surface area contributed by atoms with Gasteiger partial charge in [-0.15, -0.1) is 0 Å². The topological polar surface area (TPSA) is 9.23 Å². The van der Waals surface area contributed by atoms with Crippen LogP contribution in [0, 0.1) is 29.1 Å². The summed E-state index contributed by atoms with van der Waals surface area (Å²) in [4.78, 5) is 0. The van der Waals surface area contributed by atoms with Crippen LogP contribution in [0.1, 0.15) is 36.5 Å². The lowest BCUT2D eigenvalue weighted by atomic mass is 9.97. The van der Waals surface area contributed by atoms with Crippen LogP contribution in [0.5, 0.6) is 5.75 Å². The monoisotopic (exact) mass is 696 g/mol. The van der Waals surface area contributed by atoms with Crippen LogP contribution in [0.2, 0.25) is 5.02 Å². The summed E-state index contributed by atoms with van der Waals surface area (Å²) < 4.78 is 148. The lowest BCUT2D eigenvalue weighted by Gasteiger charge is -2.20. The van der Waals surface area contributed by atoms with Crippen molar-refractivity contribution in [3.8, 4) is 39.1 Å². The minimum absolute atomic E-state index is 0.301. The van der Waals surface area contributed by atoms with Gasteiger partial charge in [-0.25, -0.2) is 22.0 Å². The van der Waals surface area contributed by atoms with E-state index in [0.717, 1.165) is 37.0 Å². The molecule has 250 valence electrons. The van der Waals surface area contributed by atoms with Crippen molar-refractivity contribution in [3.05, 3.63) is 136 Å². The third kappa shape index (κ3) is 7.31. The fourth-order valence-electron chi connectivity index (χ4n) is 5.09. The molecule has 0 aliphatic carbocycles. The van der Waals surface area contributed by atoms with Crippen molar-refractivity contribution >= 4 is 11.6 Å². The Morgan fingerprint density at radius 2 is 1.21 bits per heavy atom. The summed E-state index contributed by atoms with van der Waals surface area (Å²) in [5.41, 5.74) is -3.21. The molecule has 0 aliphatic heterocycles. The Morgan fingerprint density at radius 3 is 1.77 bits per heavy atom. The van der Waals surface area contributed by atoms with Gasteiger partial charge in [-0.3, -0.25) is 0 Å². The number of hydrogen-bond donors (Lipinski definition) is 0. The smallest absolute Gasteiger partial charge is 0.424 e. The molecule has 5 rings (SSSR count). The van der Waals surface area contributed by atoms with Crippen LogP contribution in [0.15, 0.2) is 84.9 Å². The van der Waals surface area contributed by atoms with E-state index in [2.05, 4.69) is 11.7 Å². The lowest BCUT2D eigenvalue weighted by Crippen LogP contribution is -2.23. The summed E-state index contributed by atoms with van der Waals surface area (Å²) in [6.07, 6.45) is -6.49. The maximum Gasteiger partial charge on any atom is 0.426 e. The van der Waals surface area contributed by atoms with E-state index in [0.29, 0.717) is 53.6 Å². The number of aryl methyl sites for hydroxylation is 1. The van der Waals surface area contributed by atoms with Crippen LogP contribution in [0.25, 0.3) is 33.4 Å². The van der Waals surface area contributed by atoms with Gasteiger partial charge >= 0.3 is 12.3 Å². The maximum absolute atomic E-state index is 15.2. The third-order valence-corrected chi connectivity index (χ3v) is 7.84. The van der Waals surface area contributed by atoms with Gasteiger partial charge in [0.15, 0.2) is 11.6 Å². The van der Waals surface area contributed by atoms with Crippen LogP contribution in [-0.4, -0.2) is 0 Å². The van der Waals surface area contributed by atoms with Gasteiger partial charge in [0.1, 0.15) is 23.3 Å². The first kappa shape index (κ1) is 34.8. The van der Waals surface area contributed by atoms with Gasteiger partial charge in [-0.05, 0) is 89.2 Å². The molecule has 0 radical (unpaired) electrons. The maximum atomic E-state index is 15.2. The summed E-state index contributed by atoms with van der Waals surface area (Å²) in [5.74, 6) is -8.11. The van der Waals surface area contributed by atoms with Crippen molar-refractivity contribution in [2.45, 2.75) is 38.5 Å². The first-order chi connectivity index (χ1) is 22.6. The number of hydrogen-bond acceptors (Lipinski definition) is 1. The average molecular weight is 697 g/mol. The van der Waals surface area contributed by atoms with Gasteiger partial charge in [0.25, 0.3) is 0 Å². The zero-order valence-corrected chi connectivity index (χ0v) is 25.5. The van der Waals surface area contributed by atoms with E-state index < -0.39 is 85.5 Å². The van der Waals surface area contributed by atoms with Crippen LogP contribution in [-0.2, 0) is 18.7 Å².